The molecule has 1 N–H and O–H groups in total. The van der Waals surface area contributed by atoms with Gasteiger partial charge in [-0.3, -0.25) is 0 Å². The minimum absolute atomic E-state index is 0.0114. The molecule has 0 unspecified atom stereocenters. The van der Waals surface area contributed by atoms with Crippen LogP contribution in [0.2, 0.25) is 0 Å². The molecule has 17 heavy (non-hydrogen) atoms. The van der Waals surface area contributed by atoms with Gasteiger partial charge in [0.1, 0.15) is 0 Å². The Labute approximate surface area is 103 Å². The van der Waals surface area contributed by atoms with Gasteiger partial charge in [0, 0.05) is 13.1 Å². The second kappa shape index (κ2) is 6.14. The summed E-state index contributed by atoms with van der Waals surface area (Å²) in [7, 11) is -3.25. The number of hydrogen-bond donors (Lipinski definition) is 1. The standard InChI is InChI=1S/C12H19NO3S/c1-3-13(4-2)17(15,16)10-12-7-5-6-11(8-12)9-14/h5-8,14H,3-4,9-10H2,1-2H3. The van der Waals surface area contributed by atoms with E-state index in [-0.39, 0.29) is 12.4 Å². The number of rotatable bonds is 6. The average molecular weight is 257 g/mol. The van der Waals surface area contributed by atoms with Crippen molar-refractivity contribution in [2.24, 2.45) is 0 Å². The molecule has 4 nitrogen and oxygen atoms in total. The first-order chi connectivity index (χ1) is 8.03. The molecule has 0 aromatic heterocycles. The lowest BCUT2D eigenvalue weighted by Gasteiger charge is -2.18. The molecule has 5 heteroatoms. The summed E-state index contributed by atoms with van der Waals surface area (Å²) in [4.78, 5) is 0. The van der Waals surface area contributed by atoms with Crippen LogP contribution in [0.5, 0.6) is 0 Å². The van der Waals surface area contributed by atoms with Gasteiger partial charge in [-0.05, 0) is 11.1 Å². The van der Waals surface area contributed by atoms with Crippen molar-refractivity contribution in [2.75, 3.05) is 13.1 Å². The lowest BCUT2D eigenvalue weighted by Crippen LogP contribution is -2.31. The molecule has 0 atom stereocenters. The Bertz CT molecular complexity index is 453. The first-order valence-electron chi connectivity index (χ1n) is 5.70. The fourth-order valence-corrected chi connectivity index (χ4v) is 3.31. The third kappa shape index (κ3) is 3.80. The van der Waals surface area contributed by atoms with Crippen LogP contribution < -0.4 is 0 Å². The van der Waals surface area contributed by atoms with Crippen LogP contribution in [0.15, 0.2) is 24.3 Å². The molecule has 0 saturated carbocycles. The monoisotopic (exact) mass is 257 g/mol. The van der Waals surface area contributed by atoms with E-state index in [1.165, 1.54) is 4.31 Å². The summed E-state index contributed by atoms with van der Waals surface area (Å²) in [5.74, 6) is -0.0114. The van der Waals surface area contributed by atoms with Gasteiger partial charge in [0.15, 0.2) is 0 Å². The van der Waals surface area contributed by atoms with Crippen LogP contribution in [-0.2, 0) is 22.4 Å². The van der Waals surface area contributed by atoms with Crippen molar-refractivity contribution < 1.29 is 13.5 Å². The molecular weight excluding hydrogens is 238 g/mol. The van der Waals surface area contributed by atoms with E-state index in [2.05, 4.69) is 0 Å². The van der Waals surface area contributed by atoms with Crippen LogP contribution in [0.1, 0.15) is 25.0 Å². The molecule has 0 aliphatic heterocycles. The van der Waals surface area contributed by atoms with Crippen molar-refractivity contribution in [3.63, 3.8) is 0 Å². The van der Waals surface area contributed by atoms with E-state index in [4.69, 9.17) is 5.11 Å². The molecule has 0 spiro atoms. The van der Waals surface area contributed by atoms with Crippen molar-refractivity contribution in [3.8, 4) is 0 Å². The van der Waals surface area contributed by atoms with Gasteiger partial charge in [-0.15, -0.1) is 0 Å². The first kappa shape index (κ1) is 14.2. The SMILES string of the molecule is CCN(CC)S(=O)(=O)Cc1cccc(CO)c1. The molecule has 0 fully saturated rings. The van der Waals surface area contributed by atoms with Gasteiger partial charge in [-0.1, -0.05) is 38.1 Å². The predicted molar refractivity (Wildman–Crippen MR) is 67.9 cm³/mol. The summed E-state index contributed by atoms with van der Waals surface area (Å²) in [6, 6.07) is 7.02. The zero-order chi connectivity index (χ0) is 12.9. The summed E-state index contributed by atoms with van der Waals surface area (Å²) in [5, 5.41) is 9.00. The van der Waals surface area contributed by atoms with Crippen molar-refractivity contribution in [1.29, 1.82) is 0 Å². The van der Waals surface area contributed by atoms with Crippen LogP contribution in [-0.4, -0.2) is 30.9 Å². The van der Waals surface area contributed by atoms with Gasteiger partial charge in [0.25, 0.3) is 0 Å². The maximum absolute atomic E-state index is 12.0. The molecule has 0 amide bonds. The van der Waals surface area contributed by atoms with E-state index < -0.39 is 10.0 Å². The molecule has 0 radical (unpaired) electrons. The van der Waals surface area contributed by atoms with Gasteiger partial charge in [-0.25, -0.2) is 12.7 Å². The van der Waals surface area contributed by atoms with Gasteiger partial charge in [0.05, 0.1) is 12.4 Å². The van der Waals surface area contributed by atoms with Gasteiger partial charge in [-0.2, -0.15) is 0 Å². The largest absolute Gasteiger partial charge is 0.392 e. The number of aliphatic hydroxyl groups excluding tert-OH is 1. The summed E-state index contributed by atoms with van der Waals surface area (Å²) in [6.07, 6.45) is 0. The third-order valence-corrected chi connectivity index (χ3v) is 4.62. The molecule has 0 heterocycles. The fraction of sp³-hybridized carbons (Fsp3) is 0.500. The lowest BCUT2D eigenvalue weighted by molar-refractivity contribution is 0.281. The second-order valence-electron chi connectivity index (χ2n) is 3.82. The smallest absolute Gasteiger partial charge is 0.218 e. The predicted octanol–water partition coefficient (Wildman–Crippen LogP) is 1.35. The summed E-state index contributed by atoms with van der Waals surface area (Å²) in [6.45, 7) is 4.55. The minimum Gasteiger partial charge on any atom is -0.392 e. The highest BCUT2D eigenvalue weighted by Crippen LogP contribution is 2.12. The van der Waals surface area contributed by atoms with Crippen LogP contribution in [0, 0.1) is 0 Å². The van der Waals surface area contributed by atoms with Crippen LogP contribution in [0.4, 0.5) is 0 Å². The van der Waals surface area contributed by atoms with E-state index in [0.717, 1.165) is 5.56 Å². The molecule has 0 bridgehead atoms. The van der Waals surface area contributed by atoms with Crippen LogP contribution >= 0.6 is 0 Å². The highest BCUT2D eigenvalue weighted by Gasteiger charge is 2.19. The molecule has 0 aliphatic carbocycles. The Kier molecular flexibility index (Phi) is 5.11. The average Bonchev–Trinajstić information content (AvgIpc) is 2.29. The highest BCUT2D eigenvalue weighted by atomic mass is 32.2. The quantitative estimate of drug-likeness (QED) is 0.837. The number of sulfonamides is 1. The van der Waals surface area contributed by atoms with Crippen molar-refractivity contribution in [3.05, 3.63) is 35.4 Å². The van der Waals surface area contributed by atoms with E-state index in [0.29, 0.717) is 18.7 Å². The number of nitrogens with zero attached hydrogens (tertiary/aromatic N) is 1. The van der Waals surface area contributed by atoms with Crippen molar-refractivity contribution in [2.45, 2.75) is 26.2 Å². The Balaban J connectivity index is 2.89. The number of aliphatic hydroxyl groups is 1. The topological polar surface area (TPSA) is 57.6 Å². The van der Waals surface area contributed by atoms with E-state index in [1.54, 1.807) is 24.3 Å². The summed E-state index contributed by atoms with van der Waals surface area (Å²) >= 11 is 0. The molecule has 96 valence electrons. The van der Waals surface area contributed by atoms with Crippen molar-refractivity contribution >= 4 is 10.0 Å². The third-order valence-electron chi connectivity index (χ3n) is 2.62. The van der Waals surface area contributed by atoms with Crippen molar-refractivity contribution in [1.82, 2.24) is 4.31 Å². The van der Waals surface area contributed by atoms with E-state index >= 15 is 0 Å². The molecule has 0 aliphatic rings. The molecule has 1 aromatic carbocycles. The van der Waals surface area contributed by atoms with Gasteiger partial charge in [0.2, 0.25) is 10.0 Å². The zero-order valence-corrected chi connectivity index (χ0v) is 11.1. The maximum atomic E-state index is 12.0. The van der Waals surface area contributed by atoms with E-state index in [1.807, 2.05) is 13.8 Å². The van der Waals surface area contributed by atoms with Crippen LogP contribution in [0.25, 0.3) is 0 Å². The Morgan fingerprint density at radius 3 is 2.29 bits per heavy atom. The summed E-state index contributed by atoms with van der Waals surface area (Å²) in [5.41, 5.74) is 1.45. The fourth-order valence-electron chi connectivity index (χ4n) is 1.74. The lowest BCUT2D eigenvalue weighted by atomic mass is 10.1. The Morgan fingerprint density at radius 2 is 1.76 bits per heavy atom. The molecule has 1 rings (SSSR count). The highest BCUT2D eigenvalue weighted by molar-refractivity contribution is 7.88. The minimum atomic E-state index is -3.25. The zero-order valence-electron chi connectivity index (χ0n) is 10.3. The number of hydrogen-bond acceptors (Lipinski definition) is 3. The summed E-state index contributed by atoms with van der Waals surface area (Å²) < 4.78 is 25.5. The Hall–Kier alpha value is -0.910. The van der Waals surface area contributed by atoms with Gasteiger partial charge >= 0.3 is 0 Å². The molecular formula is C12H19NO3S. The van der Waals surface area contributed by atoms with E-state index in [9.17, 15) is 8.42 Å². The number of benzene rings is 1. The second-order valence-corrected chi connectivity index (χ2v) is 5.79. The van der Waals surface area contributed by atoms with Crippen LogP contribution in [0.3, 0.4) is 0 Å². The Morgan fingerprint density at radius 1 is 1.18 bits per heavy atom. The maximum Gasteiger partial charge on any atom is 0.218 e. The molecule has 0 saturated heterocycles. The first-order valence-corrected chi connectivity index (χ1v) is 7.31. The van der Waals surface area contributed by atoms with Gasteiger partial charge < -0.3 is 5.11 Å². The molecule has 1 aromatic rings. The normalized spacial score (nSPS) is 12.0.